The molecule has 0 saturated carbocycles. The normalized spacial score (nSPS) is 18.8. The highest BCUT2D eigenvalue weighted by molar-refractivity contribution is 6.03. The molecule has 5 nitrogen and oxygen atoms in total. The minimum absolute atomic E-state index is 0.0702. The molecule has 2 aromatic carbocycles. The third-order valence-electron chi connectivity index (χ3n) is 4.97. The number of rotatable bonds is 5. The van der Waals surface area contributed by atoms with Gasteiger partial charge in [0.15, 0.2) is 0 Å². The smallest absolute Gasteiger partial charge is 0.251 e. The van der Waals surface area contributed by atoms with Crippen molar-refractivity contribution in [3.8, 4) is 0 Å². The first-order valence-electron chi connectivity index (χ1n) is 9.08. The molecule has 2 heterocycles. The van der Waals surface area contributed by atoms with Crippen LogP contribution in [0.5, 0.6) is 0 Å². The summed E-state index contributed by atoms with van der Waals surface area (Å²) in [5.74, 6) is -0.0435. The lowest BCUT2D eigenvalue weighted by Crippen LogP contribution is -2.31. The van der Waals surface area contributed by atoms with Crippen molar-refractivity contribution in [2.45, 2.75) is 31.9 Å². The molecule has 1 unspecified atom stereocenters. The number of ether oxygens (including phenoxy) is 1. The van der Waals surface area contributed by atoms with E-state index in [0.717, 1.165) is 36.3 Å². The van der Waals surface area contributed by atoms with Gasteiger partial charge in [-0.3, -0.25) is 9.59 Å². The largest absolute Gasteiger partial charge is 0.376 e. The van der Waals surface area contributed by atoms with E-state index in [0.29, 0.717) is 25.1 Å². The van der Waals surface area contributed by atoms with Crippen LogP contribution < -0.4 is 10.2 Å². The van der Waals surface area contributed by atoms with E-state index in [4.69, 9.17) is 4.74 Å². The van der Waals surface area contributed by atoms with E-state index in [1.54, 1.807) is 11.0 Å². The van der Waals surface area contributed by atoms with Crippen molar-refractivity contribution >= 4 is 17.5 Å². The van der Waals surface area contributed by atoms with Gasteiger partial charge in [-0.1, -0.05) is 30.3 Å². The van der Waals surface area contributed by atoms with E-state index >= 15 is 0 Å². The zero-order chi connectivity index (χ0) is 17.9. The van der Waals surface area contributed by atoms with Crippen LogP contribution in [0.3, 0.4) is 0 Å². The number of carbonyl (C=O) groups is 2. The van der Waals surface area contributed by atoms with Crippen molar-refractivity contribution in [1.82, 2.24) is 5.32 Å². The Labute approximate surface area is 153 Å². The van der Waals surface area contributed by atoms with Crippen molar-refractivity contribution in [3.63, 3.8) is 0 Å². The van der Waals surface area contributed by atoms with E-state index in [1.807, 2.05) is 42.5 Å². The zero-order valence-corrected chi connectivity index (χ0v) is 14.6. The number of anilines is 1. The molecule has 2 aromatic rings. The monoisotopic (exact) mass is 350 g/mol. The van der Waals surface area contributed by atoms with Gasteiger partial charge in [0, 0.05) is 24.4 Å². The maximum absolute atomic E-state index is 12.4. The molecule has 2 aliphatic rings. The molecule has 2 aliphatic heterocycles. The molecular formula is C21H22N2O3. The average Bonchev–Trinajstić information content (AvgIpc) is 3.28. The van der Waals surface area contributed by atoms with Gasteiger partial charge in [0.25, 0.3) is 5.91 Å². The molecule has 0 aliphatic carbocycles. The molecule has 1 saturated heterocycles. The average molecular weight is 350 g/mol. The fourth-order valence-electron chi connectivity index (χ4n) is 3.58. The predicted molar refractivity (Wildman–Crippen MR) is 99.1 cm³/mol. The molecule has 2 amide bonds. The van der Waals surface area contributed by atoms with Gasteiger partial charge in [-0.05, 0) is 42.2 Å². The first-order valence-corrected chi connectivity index (χ1v) is 9.08. The Kier molecular flexibility index (Phi) is 4.71. The topological polar surface area (TPSA) is 58.6 Å². The van der Waals surface area contributed by atoms with E-state index in [2.05, 4.69) is 5.32 Å². The van der Waals surface area contributed by atoms with Crippen molar-refractivity contribution in [2.24, 2.45) is 0 Å². The predicted octanol–water partition coefficient (Wildman–Crippen LogP) is 2.68. The molecule has 1 fully saturated rings. The summed E-state index contributed by atoms with van der Waals surface area (Å²) in [6.45, 7) is 1.87. The van der Waals surface area contributed by atoms with Gasteiger partial charge in [-0.2, -0.15) is 0 Å². The van der Waals surface area contributed by atoms with Gasteiger partial charge in [-0.15, -0.1) is 0 Å². The number of nitrogens with one attached hydrogen (secondary N) is 1. The minimum atomic E-state index is -0.114. The van der Waals surface area contributed by atoms with Crippen LogP contribution in [0.1, 0.15) is 34.3 Å². The Hall–Kier alpha value is -2.66. The maximum Gasteiger partial charge on any atom is 0.251 e. The maximum atomic E-state index is 12.4. The highest BCUT2D eigenvalue weighted by Crippen LogP contribution is 2.31. The molecule has 26 heavy (non-hydrogen) atoms. The molecular weight excluding hydrogens is 328 g/mol. The lowest BCUT2D eigenvalue weighted by atomic mass is 10.1. The number of fused-ring (bicyclic) bond motifs is 1. The Morgan fingerprint density at radius 2 is 2.04 bits per heavy atom. The highest BCUT2D eigenvalue weighted by atomic mass is 16.5. The number of hydrogen-bond acceptors (Lipinski definition) is 3. The number of hydrogen-bond donors (Lipinski definition) is 1. The van der Waals surface area contributed by atoms with Crippen LogP contribution in [0.15, 0.2) is 48.5 Å². The van der Waals surface area contributed by atoms with Gasteiger partial charge in [-0.25, -0.2) is 0 Å². The van der Waals surface area contributed by atoms with Crippen LogP contribution in [0.2, 0.25) is 0 Å². The Morgan fingerprint density at radius 3 is 2.81 bits per heavy atom. The van der Waals surface area contributed by atoms with Crippen LogP contribution in [0.4, 0.5) is 5.69 Å². The van der Waals surface area contributed by atoms with Gasteiger partial charge in [0.2, 0.25) is 5.91 Å². The molecule has 134 valence electrons. The van der Waals surface area contributed by atoms with Gasteiger partial charge < -0.3 is 15.0 Å². The summed E-state index contributed by atoms with van der Waals surface area (Å²) in [7, 11) is 0. The molecule has 1 atom stereocenters. The first kappa shape index (κ1) is 16.8. The first-order chi connectivity index (χ1) is 12.7. The fraction of sp³-hybridized carbons (Fsp3) is 0.333. The molecule has 0 bridgehead atoms. The zero-order valence-electron chi connectivity index (χ0n) is 14.6. The van der Waals surface area contributed by atoms with Crippen LogP contribution in [-0.2, 0) is 22.5 Å². The molecule has 1 N–H and O–H groups in total. The van der Waals surface area contributed by atoms with Crippen LogP contribution in [0, 0.1) is 0 Å². The summed E-state index contributed by atoms with van der Waals surface area (Å²) in [6.07, 6.45) is 2.51. The fourth-order valence-corrected chi connectivity index (χ4v) is 3.58. The van der Waals surface area contributed by atoms with E-state index in [9.17, 15) is 9.59 Å². The standard InChI is InChI=1S/C21H22N2O3/c24-20-12-17-11-16(21(25)22-13-18-7-4-10-26-18)8-9-19(17)23(20)14-15-5-2-1-3-6-15/h1-3,5-6,8-9,11,18H,4,7,10,12-14H2,(H,22,25). The molecule has 0 aromatic heterocycles. The van der Waals surface area contributed by atoms with Crippen molar-refractivity contribution in [3.05, 3.63) is 65.2 Å². The second-order valence-electron chi connectivity index (χ2n) is 6.83. The highest BCUT2D eigenvalue weighted by Gasteiger charge is 2.28. The Balaban J connectivity index is 1.46. The summed E-state index contributed by atoms with van der Waals surface area (Å²) in [6, 6.07) is 15.4. The molecule has 0 spiro atoms. The Bertz CT molecular complexity index is 813. The van der Waals surface area contributed by atoms with Crippen molar-refractivity contribution < 1.29 is 14.3 Å². The third-order valence-corrected chi connectivity index (χ3v) is 4.97. The van der Waals surface area contributed by atoms with E-state index in [-0.39, 0.29) is 17.9 Å². The molecule has 0 radical (unpaired) electrons. The SMILES string of the molecule is O=C(NCC1CCCO1)c1ccc2c(c1)CC(=O)N2Cc1ccccc1. The molecule has 4 rings (SSSR count). The summed E-state index contributed by atoms with van der Waals surface area (Å²) in [5, 5.41) is 2.93. The lowest BCUT2D eigenvalue weighted by molar-refractivity contribution is -0.117. The summed E-state index contributed by atoms with van der Waals surface area (Å²) in [5.41, 5.74) is 3.49. The third kappa shape index (κ3) is 3.48. The quantitative estimate of drug-likeness (QED) is 0.902. The number of nitrogens with zero attached hydrogens (tertiary/aromatic N) is 1. The number of benzene rings is 2. The van der Waals surface area contributed by atoms with Crippen LogP contribution in [0.25, 0.3) is 0 Å². The van der Waals surface area contributed by atoms with Gasteiger partial charge in [0.1, 0.15) is 0 Å². The van der Waals surface area contributed by atoms with Gasteiger partial charge in [0.05, 0.1) is 19.1 Å². The minimum Gasteiger partial charge on any atom is -0.376 e. The summed E-state index contributed by atoms with van der Waals surface area (Å²) >= 11 is 0. The summed E-state index contributed by atoms with van der Waals surface area (Å²) in [4.78, 5) is 26.6. The van der Waals surface area contributed by atoms with Crippen molar-refractivity contribution in [1.29, 1.82) is 0 Å². The van der Waals surface area contributed by atoms with Crippen LogP contribution >= 0.6 is 0 Å². The van der Waals surface area contributed by atoms with Crippen LogP contribution in [-0.4, -0.2) is 31.1 Å². The van der Waals surface area contributed by atoms with E-state index < -0.39 is 0 Å². The molecule has 5 heteroatoms. The number of amides is 2. The number of carbonyl (C=O) groups excluding carboxylic acids is 2. The second-order valence-corrected chi connectivity index (χ2v) is 6.83. The Morgan fingerprint density at radius 1 is 1.19 bits per heavy atom. The van der Waals surface area contributed by atoms with E-state index in [1.165, 1.54) is 0 Å². The van der Waals surface area contributed by atoms with Gasteiger partial charge >= 0.3 is 0 Å². The lowest BCUT2D eigenvalue weighted by Gasteiger charge is -2.18. The summed E-state index contributed by atoms with van der Waals surface area (Å²) < 4.78 is 5.53. The second kappa shape index (κ2) is 7.30. The van der Waals surface area contributed by atoms with Crippen molar-refractivity contribution in [2.75, 3.05) is 18.1 Å².